The Morgan fingerprint density at radius 3 is 2.11 bits per heavy atom. The molecule has 0 aromatic heterocycles. The number of hydrogen-bond acceptors (Lipinski definition) is 5. The Morgan fingerprint density at radius 1 is 0.852 bits per heavy atom. The van der Waals surface area contributed by atoms with Gasteiger partial charge in [0, 0.05) is 17.2 Å². The molecule has 1 unspecified atom stereocenters. The van der Waals surface area contributed by atoms with Gasteiger partial charge in [-0.2, -0.15) is 0 Å². The van der Waals surface area contributed by atoms with E-state index in [2.05, 4.69) is 0 Å². The van der Waals surface area contributed by atoms with Crippen LogP contribution in [0.5, 0.6) is 17.2 Å². The first kappa shape index (κ1) is 17.4. The molecule has 1 aliphatic rings. The van der Waals surface area contributed by atoms with Crippen molar-refractivity contribution in [2.45, 2.75) is 0 Å². The molecule has 1 aliphatic heterocycles. The fraction of sp³-hybridized carbons (Fsp3) is 0.0952. The molecule has 136 valence electrons. The number of rotatable bonds is 4. The summed E-state index contributed by atoms with van der Waals surface area (Å²) in [5.41, 5.74) is 1.17. The second-order valence-electron chi connectivity index (χ2n) is 6.06. The van der Waals surface area contributed by atoms with Gasteiger partial charge in [-0.15, -0.1) is 0 Å². The van der Waals surface area contributed by atoms with Crippen molar-refractivity contribution >= 4 is 18.2 Å². The molecule has 4 rings (SSSR count). The zero-order valence-corrected chi connectivity index (χ0v) is 15.7. The molecular weight excluding hydrogens is 363 g/mol. The fourth-order valence-corrected chi connectivity index (χ4v) is 5.27. The van der Waals surface area contributed by atoms with E-state index < -0.39 is 12.9 Å². The van der Waals surface area contributed by atoms with Crippen molar-refractivity contribution in [2.24, 2.45) is 0 Å². The van der Waals surface area contributed by atoms with E-state index in [-0.39, 0.29) is 5.56 Å². The van der Waals surface area contributed by atoms with Crippen molar-refractivity contribution in [1.29, 1.82) is 0 Å². The van der Waals surface area contributed by atoms with Crippen molar-refractivity contribution < 1.29 is 23.4 Å². The van der Waals surface area contributed by atoms with Gasteiger partial charge in [0.2, 0.25) is 0 Å². The number of benzene rings is 3. The molecule has 0 radical (unpaired) electrons. The molecule has 0 fully saturated rings. The molecule has 0 saturated carbocycles. The summed E-state index contributed by atoms with van der Waals surface area (Å²) < 4.78 is 30.2. The van der Waals surface area contributed by atoms with Crippen molar-refractivity contribution in [3.63, 3.8) is 0 Å². The van der Waals surface area contributed by atoms with Crippen LogP contribution in [0.3, 0.4) is 0 Å². The normalized spacial score (nSPS) is 17.3. The molecule has 3 aromatic carbocycles. The summed E-state index contributed by atoms with van der Waals surface area (Å²) in [7, 11) is -0.872. The first-order valence-electron chi connectivity index (χ1n) is 8.33. The first-order chi connectivity index (χ1) is 13.1. The maximum Gasteiger partial charge on any atom is 0.347 e. The third kappa shape index (κ3) is 2.81. The highest BCUT2D eigenvalue weighted by Crippen LogP contribution is 2.56. The van der Waals surface area contributed by atoms with Crippen LogP contribution in [-0.2, 0) is 4.57 Å². The van der Waals surface area contributed by atoms with E-state index in [1.807, 2.05) is 24.3 Å². The maximum atomic E-state index is 13.9. The summed E-state index contributed by atoms with van der Waals surface area (Å²) in [5.74, 6) is 1.31. The van der Waals surface area contributed by atoms with Gasteiger partial charge in [-0.05, 0) is 29.8 Å². The van der Waals surface area contributed by atoms with Gasteiger partial charge in [0.05, 0.1) is 19.5 Å². The van der Waals surface area contributed by atoms with Gasteiger partial charge in [-0.25, -0.2) is 0 Å². The second-order valence-corrected chi connectivity index (χ2v) is 8.24. The number of carbonyl (C=O) groups is 1. The monoisotopic (exact) mass is 380 g/mol. The molecule has 3 aromatic rings. The standard InChI is InChI=1S/C21H17O5P/c1-24-15-11-14(12-16(13-15)25-2)21(22)27(23)20-10-6-4-8-18(20)17-7-3-5-9-19(17)26-27/h3-13H,1-2H3. The van der Waals surface area contributed by atoms with Crippen LogP contribution in [0.25, 0.3) is 11.1 Å². The largest absolute Gasteiger partial charge is 0.497 e. The molecule has 0 saturated heterocycles. The third-order valence-corrected chi connectivity index (χ3v) is 6.76. The van der Waals surface area contributed by atoms with E-state index in [0.717, 1.165) is 11.1 Å². The Balaban J connectivity index is 1.89. The lowest BCUT2D eigenvalue weighted by atomic mass is 10.0. The van der Waals surface area contributed by atoms with Crippen LogP contribution >= 0.6 is 7.37 Å². The van der Waals surface area contributed by atoms with Crippen molar-refractivity contribution in [2.75, 3.05) is 14.2 Å². The molecule has 1 heterocycles. The molecule has 6 heteroatoms. The van der Waals surface area contributed by atoms with Gasteiger partial charge in [0.1, 0.15) is 17.2 Å². The zero-order valence-electron chi connectivity index (χ0n) is 14.8. The highest BCUT2D eigenvalue weighted by atomic mass is 31.2. The number of carbonyl (C=O) groups excluding carboxylic acids is 1. The molecule has 27 heavy (non-hydrogen) atoms. The highest BCUT2D eigenvalue weighted by Gasteiger charge is 2.43. The summed E-state index contributed by atoms with van der Waals surface area (Å²) in [6.07, 6.45) is 0. The molecule has 0 aliphatic carbocycles. The molecule has 0 amide bonds. The minimum absolute atomic E-state index is 0.212. The van der Waals surface area contributed by atoms with Gasteiger partial charge in [-0.1, -0.05) is 36.4 Å². The average Bonchev–Trinajstić information content (AvgIpc) is 2.73. The van der Waals surface area contributed by atoms with Gasteiger partial charge in [0.15, 0.2) is 0 Å². The van der Waals surface area contributed by atoms with Crippen molar-refractivity contribution in [3.8, 4) is 28.4 Å². The lowest BCUT2D eigenvalue weighted by Crippen LogP contribution is -2.23. The van der Waals surface area contributed by atoms with E-state index in [0.29, 0.717) is 22.6 Å². The molecular formula is C21H17O5P. The Hall–Kier alpha value is -3.04. The van der Waals surface area contributed by atoms with E-state index in [4.69, 9.17) is 14.0 Å². The summed E-state index contributed by atoms with van der Waals surface area (Å²) in [6, 6.07) is 19.1. The minimum Gasteiger partial charge on any atom is -0.497 e. The molecule has 5 nitrogen and oxygen atoms in total. The van der Waals surface area contributed by atoms with Crippen LogP contribution in [-0.4, -0.2) is 19.7 Å². The van der Waals surface area contributed by atoms with Crippen LogP contribution in [0.4, 0.5) is 0 Å². The van der Waals surface area contributed by atoms with Crippen molar-refractivity contribution in [3.05, 3.63) is 72.3 Å². The van der Waals surface area contributed by atoms with Gasteiger partial charge >= 0.3 is 7.37 Å². The van der Waals surface area contributed by atoms with E-state index in [1.165, 1.54) is 26.4 Å². The SMILES string of the molecule is COc1cc(OC)cc(C(=O)P2(=O)Oc3ccccc3-c3ccccc32)c1. The van der Waals surface area contributed by atoms with Crippen LogP contribution in [0.15, 0.2) is 66.7 Å². The molecule has 1 atom stereocenters. The van der Waals surface area contributed by atoms with E-state index >= 15 is 0 Å². The van der Waals surface area contributed by atoms with Gasteiger partial charge < -0.3 is 14.0 Å². The van der Waals surface area contributed by atoms with Gasteiger partial charge in [0.25, 0.3) is 5.52 Å². The quantitative estimate of drug-likeness (QED) is 0.624. The van der Waals surface area contributed by atoms with Gasteiger partial charge in [-0.3, -0.25) is 9.36 Å². The smallest absolute Gasteiger partial charge is 0.347 e. The Morgan fingerprint density at radius 2 is 1.44 bits per heavy atom. The number of fused-ring (bicyclic) bond motifs is 3. The zero-order chi connectivity index (χ0) is 19.0. The topological polar surface area (TPSA) is 61.8 Å². The molecule has 0 N–H and O–H groups in total. The van der Waals surface area contributed by atoms with Crippen LogP contribution in [0.1, 0.15) is 10.4 Å². The summed E-state index contributed by atoms with van der Waals surface area (Å²) in [5, 5.41) is 0.399. The minimum atomic E-state index is -3.86. The Bertz CT molecular complexity index is 1070. The highest BCUT2D eigenvalue weighted by molar-refractivity contribution is 7.84. The average molecular weight is 380 g/mol. The van der Waals surface area contributed by atoms with Crippen LogP contribution < -0.4 is 19.3 Å². The first-order valence-corrected chi connectivity index (χ1v) is 9.96. The summed E-state index contributed by atoms with van der Waals surface area (Å²) in [6.45, 7) is 0. The number of hydrogen-bond donors (Lipinski definition) is 0. The number of methoxy groups -OCH3 is 2. The molecule has 0 bridgehead atoms. The summed E-state index contributed by atoms with van der Waals surface area (Å²) >= 11 is 0. The lowest BCUT2D eigenvalue weighted by molar-refractivity contribution is 0.106. The molecule has 0 spiro atoms. The Labute approximate surface area is 157 Å². The summed E-state index contributed by atoms with van der Waals surface area (Å²) in [4.78, 5) is 13.3. The predicted molar refractivity (Wildman–Crippen MR) is 104 cm³/mol. The van der Waals surface area contributed by atoms with Crippen LogP contribution in [0, 0.1) is 0 Å². The maximum absolute atomic E-state index is 13.9. The van der Waals surface area contributed by atoms with E-state index in [9.17, 15) is 9.36 Å². The van der Waals surface area contributed by atoms with E-state index in [1.54, 1.807) is 30.3 Å². The van der Waals surface area contributed by atoms with Crippen LogP contribution in [0.2, 0.25) is 0 Å². The lowest BCUT2D eigenvalue weighted by Gasteiger charge is -2.27. The number of ether oxygens (including phenoxy) is 2. The number of para-hydroxylation sites is 1. The third-order valence-electron chi connectivity index (χ3n) is 4.49. The fourth-order valence-electron chi connectivity index (χ4n) is 3.17. The van der Waals surface area contributed by atoms with Crippen molar-refractivity contribution in [1.82, 2.24) is 0 Å². The Kier molecular flexibility index (Phi) is 4.25. The second kappa shape index (κ2) is 6.60. The predicted octanol–water partition coefficient (Wildman–Crippen LogP) is 4.51.